The van der Waals surface area contributed by atoms with Crippen molar-refractivity contribution in [2.24, 2.45) is 0 Å². The van der Waals surface area contributed by atoms with E-state index >= 15 is 0 Å². The lowest BCUT2D eigenvalue weighted by atomic mass is 10.1. The van der Waals surface area contributed by atoms with Crippen LogP contribution < -0.4 is 0 Å². The molecule has 1 atom stereocenters. The summed E-state index contributed by atoms with van der Waals surface area (Å²) in [5.74, 6) is 0. The molecule has 0 fully saturated rings. The fraction of sp³-hybridized carbons (Fsp3) is 0.143. The molecule has 1 aromatic carbocycles. The van der Waals surface area contributed by atoms with Gasteiger partial charge in [0, 0.05) is 10.9 Å². The Morgan fingerprint density at radius 2 is 2.00 bits per heavy atom. The number of fused-ring (bicyclic) bond motifs is 1. The zero-order valence-corrected chi connectivity index (χ0v) is 10.9. The fourth-order valence-corrected chi connectivity index (χ4v) is 2.38. The van der Waals surface area contributed by atoms with Crippen molar-refractivity contribution in [2.75, 3.05) is 0 Å². The molecule has 0 aliphatic carbocycles. The summed E-state index contributed by atoms with van der Waals surface area (Å²) in [4.78, 5) is 0. The largest absolute Gasteiger partial charge is 0.325 e. The molecule has 2 rings (SSSR count). The first-order valence-electron chi connectivity index (χ1n) is 5.31. The SMILES string of the molecule is C=Cc1c(C=C(C)C)n(P)c2ccccc12. The van der Waals surface area contributed by atoms with Crippen LogP contribution in [-0.4, -0.2) is 4.34 Å². The molecule has 1 aromatic heterocycles. The van der Waals surface area contributed by atoms with Crippen LogP contribution >= 0.6 is 9.39 Å². The van der Waals surface area contributed by atoms with Gasteiger partial charge < -0.3 is 4.34 Å². The summed E-state index contributed by atoms with van der Waals surface area (Å²) in [6.45, 7) is 8.12. The summed E-state index contributed by atoms with van der Waals surface area (Å²) in [6, 6.07) is 8.38. The summed E-state index contributed by atoms with van der Waals surface area (Å²) >= 11 is 0. The molecule has 0 aliphatic rings. The van der Waals surface area contributed by atoms with Crippen LogP contribution in [0.15, 0.2) is 36.4 Å². The molecule has 0 bridgehead atoms. The number of para-hydroxylation sites is 1. The number of aromatic nitrogens is 1. The van der Waals surface area contributed by atoms with Crippen molar-refractivity contribution in [1.82, 2.24) is 4.34 Å². The first-order chi connectivity index (χ1) is 7.65. The van der Waals surface area contributed by atoms with Crippen LogP contribution in [0.2, 0.25) is 0 Å². The minimum Gasteiger partial charge on any atom is -0.325 e. The molecule has 82 valence electrons. The van der Waals surface area contributed by atoms with Gasteiger partial charge >= 0.3 is 0 Å². The van der Waals surface area contributed by atoms with Crippen molar-refractivity contribution in [1.29, 1.82) is 0 Å². The molecule has 0 saturated carbocycles. The minimum absolute atomic E-state index is 1.20. The number of benzene rings is 1. The normalized spacial score (nSPS) is 10.4. The summed E-state index contributed by atoms with van der Waals surface area (Å²) < 4.78 is 2.14. The lowest BCUT2D eigenvalue weighted by Gasteiger charge is -2.00. The third-order valence-corrected chi connectivity index (χ3v) is 3.18. The van der Waals surface area contributed by atoms with Crippen LogP contribution in [0, 0.1) is 0 Å². The van der Waals surface area contributed by atoms with E-state index in [1.165, 1.54) is 27.7 Å². The van der Waals surface area contributed by atoms with Gasteiger partial charge in [-0.15, -0.1) is 0 Å². The van der Waals surface area contributed by atoms with E-state index in [0.717, 1.165) is 0 Å². The predicted octanol–water partition coefficient (Wildman–Crippen LogP) is 4.35. The Kier molecular flexibility index (Phi) is 2.98. The van der Waals surface area contributed by atoms with Crippen molar-refractivity contribution in [3.8, 4) is 0 Å². The molecular formula is C14H16NP. The molecule has 1 nitrogen and oxygen atoms in total. The van der Waals surface area contributed by atoms with Gasteiger partial charge in [-0.3, -0.25) is 0 Å². The first-order valence-corrected chi connectivity index (χ1v) is 5.82. The molecule has 2 heteroatoms. The highest BCUT2D eigenvalue weighted by Crippen LogP contribution is 2.30. The van der Waals surface area contributed by atoms with Crippen LogP contribution in [-0.2, 0) is 0 Å². The zero-order chi connectivity index (χ0) is 11.7. The predicted molar refractivity (Wildman–Crippen MR) is 76.5 cm³/mol. The molecule has 0 radical (unpaired) electrons. The Morgan fingerprint density at radius 3 is 2.62 bits per heavy atom. The smallest absolute Gasteiger partial charge is 0.0521 e. The highest BCUT2D eigenvalue weighted by molar-refractivity contribution is 7.15. The van der Waals surface area contributed by atoms with E-state index in [1.54, 1.807) is 0 Å². The molecule has 0 spiro atoms. The van der Waals surface area contributed by atoms with Gasteiger partial charge in [0.15, 0.2) is 0 Å². The van der Waals surface area contributed by atoms with Crippen LogP contribution in [0.25, 0.3) is 23.1 Å². The van der Waals surface area contributed by atoms with Crippen molar-refractivity contribution in [3.05, 3.63) is 47.7 Å². The molecule has 0 N–H and O–H groups in total. The van der Waals surface area contributed by atoms with Crippen molar-refractivity contribution in [2.45, 2.75) is 13.8 Å². The summed E-state index contributed by atoms with van der Waals surface area (Å²) in [5, 5.41) is 1.25. The van der Waals surface area contributed by atoms with Crippen molar-refractivity contribution in [3.63, 3.8) is 0 Å². The summed E-state index contributed by atoms with van der Waals surface area (Å²) in [6.07, 6.45) is 4.11. The van der Waals surface area contributed by atoms with Crippen molar-refractivity contribution < 1.29 is 0 Å². The van der Waals surface area contributed by atoms with Crippen molar-refractivity contribution >= 4 is 32.4 Å². The minimum atomic E-state index is 1.20. The van der Waals surface area contributed by atoms with Crippen LogP contribution in [0.4, 0.5) is 0 Å². The molecule has 2 aromatic rings. The Hall–Kier alpha value is -1.33. The van der Waals surface area contributed by atoms with E-state index in [1.807, 2.05) is 6.08 Å². The molecule has 1 heterocycles. The Bertz CT molecular complexity index is 572. The third kappa shape index (κ3) is 1.72. The number of allylic oxidation sites excluding steroid dienone is 1. The van der Waals surface area contributed by atoms with Gasteiger partial charge in [-0.1, -0.05) is 36.4 Å². The van der Waals surface area contributed by atoms with Gasteiger partial charge in [-0.2, -0.15) is 0 Å². The summed E-state index contributed by atoms with van der Waals surface area (Å²) in [5.41, 5.74) is 4.90. The molecule has 16 heavy (non-hydrogen) atoms. The van der Waals surface area contributed by atoms with Gasteiger partial charge in [-0.05, 0) is 35.4 Å². The van der Waals surface area contributed by atoms with E-state index in [0.29, 0.717) is 0 Å². The van der Waals surface area contributed by atoms with E-state index in [9.17, 15) is 0 Å². The summed E-state index contributed by atoms with van der Waals surface area (Å²) in [7, 11) is 2.77. The maximum atomic E-state index is 3.91. The monoisotopic (exact) mass is 229 g/mol. The van der Waals surface area contributed by atoms with E-state index in [2.05, 4.69) is 64.5 Å². The second-order valence-electron chi connectivity index (χ2n) is 4.11. The van der Waals surface area contributed by atoms with Crippen LogP contribution in [0.5, 0.6) is 0 Å². The van der Waals surface area contributed by atoms with E-state index < -0.39 is 0 Å². The lowest BCUT2D eigenvalue weighted by molar-refractivity contribution is 1.29. The van der Waals surface area contributed by atoms with Crippen LogP contribution in [0.3, 0.4) is 0 Å². The number of nitrogens with zero attached hydrogens (tertiary/aromatic N) is 1. The molecule has 0 amide bonds. The van der Waals surface area contributed by atoms with Gasteiger partial charge in [0.25, 0.3) is 0 Å². The Balaban J connectivity index is 2.87. The number of hydrogen-bond donors (Lipinski definition) is 0. The second kappa shape index (κ2) is 4.27. The molecular weight excluding hydrogens is 213 g/mol. The molecule has 1 unspecified atom stereocenters. The molecule has 0 saturated heterocycles. The van der Waals surface area contributed by atoms with Gasteiger partial charge in [0.2, 0.25) is 0 Å². The number of hydrogen-bond acceptors (Lipinski definition) is 0. The molecule has 0 aliphatic heterocycles. The lowest BCUT2D eigenvalue weighted by Crippen LogP contribution is -1.84. The highest BCUT2D eigenvalue weighted by Gasteiger charge is 2.09. The zero-order valence-electron chi connectivity index (χ0n) is 9.70. The standard InChI is InChI=1S/C14H16NP/c1-4-11-12-7-5-6-8-13(12)15(16)14(11)9-10(2)3/h4-9H,1,16H2,2-3H3. The average Bonchev–Trinajstić information content (AvgIpc) is 2.52. The topological polar surface area (TPSA) is 4.93 Å². The fourth-order valence-electron chi connectivity index (χ4n) is 1.94. The quantitative estimate of drug-likeness (QED) is 0.675. The van der Waals surface area contributed by atoms with E-state index in [-0.39, 0.29) is 0 Å². The Morgan fingerprint density at radius 1 is 1.31 bits per heavy atom. The highest BCUT2D eigenvalue weighted by atomic mass is 31.0. The van der Waals surface area contributed by atoms with Crippen LogP contribution in [0.1, 0.15) is 25.1 Å². The Labute approximate surface area is 98.7 Å². The first kappa shape index (κ1) is 11.2. The average molecular weight is 229 g/mol. The third-order valence-electron chi connectivity index (χ3n) is 2.62. The second-order valence-corrected chi connectivity index (χ2v) is 4.63. The maximum absolute atomic E-state index is 3.91. The van der Waals surface area contributed by atoms with Gasteiger partial charge in [0.05, 0.1) is 11.2 Å². The number of rotatable bonds is 2. The van der Waals surface area contributed by atoms with E-state index in [4.69, 9.17) is 0 Å². The van der Waals surface area contributed by atoms with Gasteiger partial charge in [0.1, 0.15) is 0 Å². The van der Waals surface area contributed by atoms with Gasteiger partial charge in [-0.25, -0.2) is 0 Å². The maximum Gasteiger partial charge on any atom is 0.0521 e.